The number of nitrogens with one attached hydrogen (secondary N) is 2. The lowest BCUT2D eigenvalue weighted by atomic mass is 10.1. The molecule has 59 heavy (non-hydrogen) atoms. The van der Waals surface area contributed by atoms with Crippen molar-refractivity contribution in [2.24, 2.45) is 11.8 Å². The zero-order valence-corrected chi connectivity index (χ0v) is 31.9. The summed E-state index contributed by atoms with van der Waals surface area (Å²) >= 11 is 0. The molecule has 4 aromatic carbocycles. The maximum atomic E-state index is 14.7. The fraction of sp³-hybridized carbons (Fsp3) is 0.174. The number of carbonyl (C=O) groups excluding carboxylic acids is 2. The van der Waals surface area contributed by atoms with Gasteiger partial charge < -0.3 is 9.47 Å². The van der Waals surface area contributed by atoms with Crippen LogP contribution in [-0.2, 0) is 22.8 Å². The van der Waals surface area contributed by atoms with Crippen molar-refractivity contribution >= 4 is 35.0 Å². The highest BCUT2D eigenvalue weighted by Crippen LogP contribution is 2.32. The summed E-state index contributed by atoms with van der Waals surface area (Å²) in [5, 5.41) is 14.4. The molecule has 2 aliphatic rings. The standard InChI is InChI=1S/C23H19FN4O2.C23H20N4O2/c24-18-13-17(11-12-20(18)30-14-15-5-2-1-3-6-15)19-7-4-8-21-25-23(27-28(19)21)26-22(29)16-9-10-16;28-22(17-12-13-17)25-23-24-21-11-5-10-20(27(21)26-23)18-8-4-9-19(14-18)29-15-16-6-2-1-3-7-16/h1-8,11-13,16H,9-10,14H2,(H,26,27,29);1-11,14,17H,12-13,15H2,(H,25,26,28). The van der Waals surface area contributed by atoms with Gasteiger partial charge in [-0.15, -0.1) is 10.2 Å². The van der Waals surface area contributed by atoms with E-state index in [1.54, 1.807) is 27.2 Å². The van der Waals surface area contributed by atoms with Gasteiger partial charge in [0, 0.05) is 23.0 Å². The number of carbonyl (C=O) groups is 2. The highest BCUT2D eigenvalue weighted by molar-refractivity contribution is 5.93. The van der Waals surface area contributed by atoms with Crippen molar-refractivity contribution in [3.05, 3.63) is 156 Å². The van der Waals surface area contributed by atoms with Gasteiger partial charge in [-0.25, -0.2) is 13.4 Å². The summed E-state index contributed by atoms with van der Waals surface area (Å²) in [7, 11) is 0. The average Bonchev–Trinajstić information content (AvgIpc) is 4.21. The van der Waals surface area contributed by atoms with E-state index >= 15 is 0 Å². The molecule has 2 N–H and O–H groups in total. The molecule has 12 nitrogen and oxygen atoms in total. The molecule has 2 amide bonds. The number of halogens is 1. The van der Waals surface area contributed by atoms with E-state index in [0.29, 0.717) is 41.7 Å². The Morgan fingerprint density at radius 3 is 1.61 bits per heavy atom. The molecule has 0 bridgehead atoms. The highest BCUT2D eigenvalue weighted by atomic mass is 19.1. The first-order valence-corrected chi connectivity index (χ1v) is 19.5. The average molecular weight is 787 g/mol. The SMILES string of the molecule is O=C(Nc1nc2cccc(-c3ccc(OCc4ccccc4)c(F)c3)n2n1)C1CC1.O=C(Nc1nc2cccc(-c3cccc(OCc4ccccc4)c3)n2n1)C1CC1. The number of aromatic nitrogens is 6. The minimum atomic E-state index is -0.456. The van der Waals surface area contributed by atoms with E-state index in [9.17, 15) is 14.0 Å². The number of hydrogen-bond donors (Lipinski definition) is 2. The molecular weight excluding hydrogens is 748 g/mol. The Bertz CT molecular complexity index is 2770. The van der Waals surface area contributed by atoms with Gasteiger partial charge in [0.05, 0.1) is 11.4 Å². The zero-order valence-electron chi connectivity index (χ0n) is 31.9. The molecule has 0 unspecified atom stereocenters. The fourth-order valence-electron chi connectivity index (χ4n) is 6.47. The molecule has 8 aromatic rings. The first-order valence-electron chi connectivity index (χ1n) is 19.5. The van der Waals surface area contributed by atoms with Crippen molar-refractivity contribution in [1.82, 2.24) is 29.2 Å². The number of rotatable bonds is 12. The Balaban J connectivity index is 0.000000152. The summed E-state index contributed by atoms with van der Waals surface area (Å²) in [6, 6.07) is 43.6. The smallest absolute Gasteiger partial charge is 0.249 e. The molecule has 0 aliphatic heterocycles. The van der Waals surface area contributed by atoms with Crippen molar-refractivity contribution in [1.29, 1.82) is 0 Å². The Labute approximate surface area is 338 Å². The van der Waals surface area contributed by atoms with Gasteiger partial charge in [-0.05, 0) is 91.4 Å². The van der Waals surface area contributed by atoms with Crippen molar-refractivity contribution in [3.63, 3.8) is 0 Å². The third kappa shape index (κ3) is 8.94. The van der Waals surface area contributed by atoms with Crippen LogP contribution >= 0.6 is 0 Å². The molecule has 0 radical (unpaired) electrons. The molecule has 4 heterocycles. The minimum absolute atomic E-state index is 0.00114. The van der Waals surface area contributed by atoms with Gasteiger partial charge in [-0.3, -0.25) is 20.2 Å². The summed E-state index contributed by atoms with van der Waals surface area (Å²) in [4.78, 5) is 32.8. The summed E-state index contributed by atoms with van der Waals surface area (Å²) in [5.74, 6) is 1.22. The van der Waals surface area contributed by atoms with Crippen molar-refractivity contribution in [2.45, 2.75) is 38.9 Å². The highest BCUT2D eigenvalue weighted by Gasteiger charge is 2.31. The fourth-order valence-corrected chi connectivity index (χ4v) is 6.47. The molecule has 2 saturated carbocycles. The summed E-state index contributed by atoms with van der Waals surface area (Å²) in [6.45, 7) is 0.801. The van der Waals surface area contributed by atoms with E-state index in [-0.39, 0.29) is 35.3 Å². The van der Waals surface area contributed by atoms with Crippen molar-refractivity contribution in [3.8, 4) is 34.0 Å². The van der Waals surface area contributed by atoms with E-state index < -0.39 is 5.82 Å². The first kappa shape index (κ1) is 37.2. The van der Waals surface area contributed by atoms with Gasteiger partial charge in [-0.2, -0.15) is 9.97 Å². The number of anilines is 2. The van der Waals surface area contributed by atoms with Crippen LogP contribution < -0.4 is 20.1 Å². The van der Waals surface area contributed by atoms with Crippen molar-refractivity contribution < 1.29 is 23.5 Å². The lowest BCUT2D eigenvalue weighted by Crippen LogP contribution is -2.14. The number of benzene rings is 4. The number of hydrogen-bond acceptors (Lipinski definition) is 8. The monoisotopic (exact) mass is 786 g/mol. The number of ether oxygens (including phenoxy) is 2. The van der Waals surface area contributed by atoms with Crippen LogP contribution in [0.1, 0.15) is 36.8 Å². The van der Waals surface area contributed by atoms with Crippen LogP contribution in [0.4, 0.5) is 16.3 Å². The van der Waals surface area contributed by atoms with Gasteiger partial charge in [0.1, 0.15) is 19.0 Å². The maximum Gasteiger partial charge on any atom is 0.249 e. The van der Waals surface area contributed by atoms with Gasteiger partial charge in [-0.1, -0.05) is 84.9 Å². The third-order valence-corrected chi connectivity index (χ3v) is 9.93. The van der Waals surface area contributed by atoms with Gasteiger partial charge in [0.15, 0.2) is 22.9 Å². The molecule has 0 spiro atoms. The van der Waals surface area contributed by atoms with E-state index in [4.69, 9.17) is 9.47 Å². The van der Waals surface area contributed by atoms with E-state index in [1.807, 2.05) is 115 Å². The minimum Gasteiger partial charge on any atom is -0.489 e. The number of fused-ring (bicyclic) bond motifs is 2. The molecule has 10 rings (SSSR count). The van der Waals surface area contributed by atoms with E-state index in [0.717, 1.165) is 53.8 Å². The number of amides is 2. The maximum absolute atomic E-state index is 14.7. The van der Waals surface area contributed by atoms with E-state index in [1.165, 1.54) is 6.07 Å². The molecular formula is C46H39FN8O4. The third-order valence-electron chi connectivity index (χ3n) is 9.93. The Hall–Kier alpha value is -7.41. The normalized spacial score (nSPS) is 13.4. The topological polar surface area (TPSA) is 137 Å². The van der Waals surface area contributed by atoms with Gasteiger partial charge in [0.25, 0.3) is 0 Å². The molecule has 294 valence electrons. The zero-order chi connectivity index (χ0) is 40.1. The number of pyridine rings is 2. The van der Waals surface area contributed by atoms with Crippen LogP contribution in [0.5, 0.6) is 11.5 Å². The van der Waals surface area contributed by atoms with Crippen LogP contribution in [0.3, 0.4) is 0 Å². The predicted molar refractivity (Wildman–Crippen MR) is 221 cm³/mol. The lowest BCUT2D eigenvalue weighted by molar-refractivity contribution is -0.118. The molecule has 0 saturated heterocycles. The van der Waals surface area contributed by atoms with Crippen LogP contribution in [-0.4, -0.2) is 41.0 Å². The number of nitrogens with zero attached hydrogens (tertiary/aromatic N) is 6. The molecule has 4 aromatic heterocycles. The Kier molecular flexibility index (Phi) is 10.5. The largest absolute Gasteiger partial charge is 0.489 e. The second-order valence-corrected chi connectivity index (χ2v) is 14.5. The van der Waals surface area contributed by atoms with Crippen LogP contribution in [0, 0.1) is 17.7 Å². The predicted octanol–water partition coefficient (Wildman–Crippen LogP) is 8.79. The van der Waals surface area contributed by atoms with Gasteiger partial charge in [0.2, 0.25) is 23.7 Å². The molecule has 0 atom stereocenters. The second-order valence-electron chi connectivity index (χ2n) is 14.5. The second kappa shape index (κ2) is 16.6. The van der Waals surface area contributed by atoms with Crippen molar-refractivity contribution in [2.75, 3.05) is 10.6 Å². The Morgan fingerprint density at radius 1 is 0.576 bits per heavy atom. The molecule has 13 heteroatoms. The first-order chi connectivity index (χ1) is 28.9. The molecule has 2 fully saturated rings. The summed E-state index contributed by atoms with van der Waals surface area (Å²) in [6.07, 6.45) is 3.70. The lowest BCUT2D eigenvalue weighted by Gasteiger charge is -2.09. The quantitative estimate of drug-likeness (QED) is 0.125. The van der Waals surface area contributed by atoms with Crippen LogP contribution in [0.2, 0.25) is 0 Å². The van der Waals surface area contributed by atoms with Crippen LogP contribution in [0.15, 0.2) is 140 Å². The summed E-state index contributed by atoms with van der Waals surface area (Å²) < 4.78 is 29.6. The molecule has 2 aliphatic carbocycles. The summed E-state index contributed by atoms with van der Waals surface area (Å²) in [5.41, 5.74) is 6.49. The Morgan fingerprint density at radius 2 is 1.08 bits per heavy atom. The van der Waals surface area contributed by atoms with Crippen LogP contribution in [0.25, 0.3) is 33.8 Å². The van der Waals surface area contributed by atoms with Gasteiger partial charge >= 0.3 is 0 Å². The van der Waals surface area contributed by atoms with E-state index in [2.05, 4.69) is 30.8 Å².